The first-order chi connectivity index (χ1) is 19.7. The number of carbonyl (C=O) groups excluding carboxylic acids is 3. The third-order valence-corrected chi connectivity index (χ3v) is 9.48. The minimum atomic E-state index is -1.23. The lowest BCUT2D eigenvalue weighted by Gasteiger charge is -2.37. The summed E-state index contributed by atoms with van der Waals surface area (Å²) < 4.78 is 12.2. The van der Waals surface area contributed by atoms with Gasteiger partial charge in [0.15, 0.2) is 0 Å². The van der Waals surface area contributed by atoms with Gasteiger partial charge < -0.3 is 24.8 Å². The second kappa shape index (κ2) is 10.3. The van der Waals surface area contributed by atoms with Crippen molar-refractivity contribution in [3.8, 4) is 0 Å². The van der Waals surface area contributed by atoms with Crippen molar-refractivity contribution in [2.24, 2.45) is 17.8 Å². The number of aliphatic hydroxyl groups excluding tert-OH is 1. The summed E-state index contributed by atoms with van der Waals surface area (Å²) in [5.74, 6) is -3.08. The van der Waals surface area contributed by atoms with Crippen LogP contribution < -0.4 is 5.32 Å². The normalized spacial score (nSPS) is 30.8. The fourth-order valence-electron chi connectivity index (χ4n) is 7.57. The molecule has 3 saturated heterocycles. The molecule has 3 aliphatic rings. The largest absolute Gasteiger partial charge is 0.466 e. The number of likely N-dealkylation sites (tertiary alicyclic amines) is 1. The molecule has 214 valence electrons. The molecule has 0 aliphatic carbocycles. The standard InChI is InChI=1S/C33H36N2O6/c1-4-40-31(39)27-26-30(38)35(25(19-36)16-21-10-6-5-7-11-21)28(33(26)18-20(2)32(27,3)41-33)29(37)34-24-15-14-22-12-8-9-13-23(22)17-24/h5-15,17,20,25-28,36H,4,16,18-19H2,1-3H3,(H,34,37)/t20?,25-,26+,27-,28?,32+,33?/m1/s1. The molecule has 2 bridgehead atoms. The molecule has 41 heavy (non-hydrogen) atoms. The minimum absolute atomic E-state index is 0.0985. The molecule has 1 spiro atoms. The van der Waals surface area contributed by atoms with E-state index in [1.807, 2.05) is 86.6 Å². The second-order valence-corrected chi connectivity index (χ2v) is 11.8. The average Bonchev–Trinajstić information content (AvgIpc) is 3.48. The zero-order valence-corrected chi connectivity index (χ0v) is 23.6. The summed E-state index contributed by atoms with van der Waals surface area (Å²) in [5, 5.41) is 15.7. The van der Waals surface area contributed by atoms with Crippen LogP contribution in [0.1, 0.15) is 32.8 Å². The Balaban J connectivity index is 1.43. The van der Waals surface area contributed by atoms with E-state index in [1.165, 1.54) is 4.90 Å². The molecule has 3 aromatic rings. The summed E-state index contributed by atoms with van der Waals surface area (Å²) in [6.07, 6.45) is 0.786. The van der Waals surface area contributed by atoms with E-state index in [4.69, 9.17) is 9.47 Å². The molecule has 7 atom stereocenters. The molecule has 8 heteroatoms. The summed E-state index contributed by atoms with van der Waals surface area (Å²) in [6.45, 7) is 5.42. The van der Waals surface area contributed by atoms with Crippen LogP contribution >= 0.6 is 0 Å². The van der Waals surface area contributed by atoms with Gasteiger partial charge in [0.05, 0.1) is 30.8 Å². The number of hydrogen-bond acceptors (Lipinski definition) is 6. The highest BCUT2D eigenvalue weighted by molar-refractivity contribution is 6.04. The van der Waals surface area contributed by atoms with Gasteiger partial charge in [-0.05, 0) is 61.1 Å². The van der Waals surface area contributed by atoms with Crippen LogP contribution in [0.2, 0.25) is 0 Å². The van der Waals surface area contributed by atoms with Gasteiger partial charge in [-0.1, -0.05) is 67.6 Å². The molecule has 8 nitrogen and oxygen atoms in total. The molecule has 0 saturated carbocycles. The van der Waals surface area contributed by atoms with Crippen LogP contribution in [0.15, 0.2) is 72.8 Å². The number of fused-ring (bicyclic) bond motifs is 2. The van der Waals surface area contributed by atoms with E-state index in [2.05, 4.69) is 5.32 Å². The van der Waals surface area contributed by atoms with Crippen molar-refractivity contribution in [2.75, 3.05) is 18.5 Å². The summed E-state index contributed by atoms with van der Waals surface area (Å²) >= 11 is 0. The summed E-state index contributed by atoms with van der Waals surface area (Å²) in [7, 11) is 0. The highest BCUT2D eigenvalue weighted by atomic mass is 16.6. The summed E-state index contributed by atoms with van der Waals surface area (Å²) in [5.41, 5.74) is -0.657. The van der Waals surface area contributed by atoms with Crippen molar-refractivity contribution in [3.05, 3.63) is 78.4 Å². The quantitative estimate of drug-likeness (QED) is 0.407. The molecule has 3 unspecified atom stereocenters. The van der Waals surface area contributed by atoms with Crippen molar-refractivity contribution in [2.45, 2.75) is 56.9 Å². The number of aliphatic hydroxyl groups is 1. The van der Waals surface area contributed by atoms with Gasteiger partial charge in [0.25, 0.3) is 0 Å². The van der Waals surface area contributed by atoms with E-state index in [-0.39, 0.29) is 25.0 Å². The van der Waals surface area contributed by atoms with E-state index in [0.717, 1.165) is 16.3 Å². The van der Waals surface area contributed by atoms with Crippen molar-refractivity contribution < 1.29 is 29.0 Å². The smallest absolute Gasteiger partial charge is 0.312 e. The van der Waals surface area contributed by atoms with E-state index in [9.17, 15) is 19.5 Å². The number of nitrogens with one attached hydrogen (secondary N) is 1. The lowest BCUT2D eigenvalue weighted by molar-refractivity contribution is -0.161. The Bertz CT molecular complexity index is 1490. The number of carbonyl (C=O) groups is 3. The van der Waals surface area contributed by atoms with Crippen LogP contribution in [0.25, 0.3) is 10.8 Å². The SMILES string of the molecule is CCOC(=O)[C@H]1[C@H]2C(=O)N([C@@H](CO)Cc3ccccc3)C(C(=O)Nc3ccc4ccccc4c3)C23CC(C)[C@]1(C)O3. The highest BCUT2D eigenvalue weighted by Crippen LogP contribution is 2.65. The number of nitrogens with zero attached hydrogens (tertiary/aromatic N) is 1. The van der Waals surface area contributed by atoms with E-state index in [0.29, 0.717) is 18.5 Å². The molecule has 2 N–H and O–H groups in total. The van der Waals surface area contributed by atoms with Crippen molar-refractivity contribution in [1.29, 1.82) is 0 Å². The molecule has 6 rings (SSSR count). The number of rotatable bonds is 8. The molecular formula is C33H36N2O6. The highest BCUT2D eigenvalue weighted by Gasteiger charge is 2.80. The minimum Gasteiger partial charge on any atom is -0.466 e. The van der Waals surface area contributed by atoms with E-state index in [1.54, 1.807) is 6.92 Å². The number of ether oxygens (including phenoxy) is 2. The maximum Gasteiger partial charge on any atom is 0.312 e. The van der Waals surface area contributed by atoms with Crippen molar-refractivity contribution >= 4 is 34.2 Å². The second-order valence-electron chi connectivity index (χ2n) is 11.8. The van der Waals surface area contributed by atoms with Crippen LogP contribution in [0, 0.1) is 17.8 Å². The predicted octanol–water partition coefficient (Wildman–Crippen LogP) is 3.96. The average molecular weight is 557 g/mol. The number of benzene rings is 3. The Kier molecular flexibility index (Phi) is 6.86. The molecule has 2 amide bonds. The molecule has 3 fully saturated rings. The first kappa shape index (κ1) is 27.4. The molecule has 0 radical (unpaired) electrons. The van der Waals surface area contributed by atoms with Crippen LogP contribution in [-0.2, 0) is 30.3 Å². The fourth-order valence-corrected chi connectivity index (χ4v) is 7.57. The van der Waals surface area contributed by atoms with Crippen molar-refractivity contribution in [3.63, 3.8) is 0 Å². The van der Waals surface area contributed by atoms with Gasteiger partial charge in [-0.3, -0.25) is 14.4 Å². The zero-order valence-electron chi connectivity index (χ0n) is 23.6. The number of esters is 1. The van der Waals surface area contributed by atoms with Gasteiger partial charge in [-0.2, -0.15) is 0 Å². The summed E-state index contributed by atoms with van der Waals surface area (Å²) in [6, 6.07) is 21.4. The van der Waals surface area contributed by atoms with Gasteiger partial charge in [-0.15, -0.1) is 0 Å². The van der Waals surface area contributed by atoms with Gasteiger partial charge >= 0.3 is 5.97 Å². The first-order valence-corrected chi connectivity index (χ1v) is 14.4. The fraction of sp³-hybridized carbons (Fsp3) is 0.424. The maximum atomic E-state index is 14.4. The van der Waals surface area contributed by atoms with Gasteiger partial charge in [0.1, 0.15) is 17.6 Å². The lowest BCUT2D eigenvalue weighted by atomic mass is 9.62. The van der Waals surface area contributed by atoms with Gasteiger partial charge in [0, 0.05) is 5.69 Å². The van der Waals surface area contributed by atoms with Crippen LogP contribution in [0.4, 0.5) is 5.69 Å². The third kappa shape index (κ3) is 4.23. The Labute approximate surface area is 239 Å². The van der Waals surface area contributed by atoms with Gasteiger partial charge in [-0.25, -0.2) is 0 Å². The number of amides is 2. The Morgan fingerprint density at radius 1 is 1.10 bits per heavy atom. The van der Waals surface area contributed by atoms with Gasteiger partial charge in [0.2, 0.25) is 11.8 Å². The predicted molar refractivity (Wildman–Crippen MR) is 154 cm³/mol. The molecule has 3 aliphatic heterocycles. The van der Waals surface area contributed by atoms with Crippen LogP contribution in [0.3, 0.4) is 0 Å². The Hall–Kier alpha value is -3.75. The maximum absolute atomic E-state index is 14.4. The third-order valence-electron chi connectivity index (χ3n) is 9.48. The Morgan fingerprint density at radius 2 is 1.80 bits per heavy atom. The topological polar surface area (TPSA) is 105 Å². The molecular weight excluding hydrogens is 520 g/mol. The van der Waals surface area contributed by atoms with E-state index >= 15 is 0 Å². The number of hydrogen-bond donors (Lipinski definition) is 2. The Morgan fingerprint density at radius 3 is 2.51 bits per heavy atom. The lowest BCUT2D eigenvalue weighted by Crippen LogP contribution is -2.57. The monoisotopic (exact) mass is 556 g/mol. The van der Waals surface area contributed by atoms with Crippen LogP contribution in [0.5, 0.6) is 0 Å². The zero-order chi connectivity index (χ0) is 28.9. The van der Waals surface area contributed by atoms with Crippen molar-refractivity contribution in [1.82, 2.24) is 4.90 Å². The molecule has 3 heterocycles. The molecule has 0 aromatic heterocycles. The molecule has 3 aromatic carbocycles. The van der Waals surface area contributed by atoms with E-state index < -0.39 is 47.0 Å². The summed E-state index contributed by atoms with van der Waals surface area (Å²) in [4.78, 5) is 43.6. The number of anilines is 1. The van der Waals surface area contributed by atoms with Crippen LogP contribution in [-0.4, -0.2) is 64.3 Å². The first-order valence-electron chi connectivity index (χ1n) is 14.4.